The molecule has 4 amide bonds. The van der Waals surface area contributed by atoms with E-state index in [0.717, 1.165) is 4.90 Å². The summed E-state index contributed by atoms with van der Waals surface area (Å²) in [5.74, 6) is -0.998. The van der Waals surface area contributed by atoms with Crippen molar-refractivity contribution in [2.45, 2.75) is 6.42 Å². The SMILES string of the molecule is CN1C(=O)CC(=O)NC1=O.[H-].[Na+]. The van der Waals surface area contributed by atoms with Gasteiger partial charge in [0.15, 0.2) is 0 Å². The van der Waals surface area contributed by atoms with Crippen molar-refractivity contribution in [1.82, 2.24) is 10.2 Å². The summed E-state index contributed by atoms with van der Waals surface area (Å²) in [6.07, 6.45) is -0.234. The number of imide groups is 2. The molecule has 0 atom stereocenters. The standard InChI is InChI=1S/C5H6N2O3.Na.H/c1-7-4(9)2-3(8)6-5(7)10;;/h2H2,1H3,(H,6,8,10);;/q;+1;-1. The first-order valence-electron chi connectivity index (χ1n) is 2.71. The van der Waals surface area contributed by atoms with E-state index in [9.17, 15) is 14.4 Å². The van der Waals surface area contributed by atoms with Crippen molar-refractivity contribution in [1.29, 1.82) is 0 Å². The second kappa shape index (κ2) is 3.85. The van der Waals surface area contributed by atoms with Gasteiger partial charge in [-0.15, -0.1) is 0 Å². The third-order valence-corrected chi connectivity index (χ3v) is 1.24. The van der Waals surface area contributed by atoms with Crippen LogP contribution in [0.5, 0.6) is 0 Å². The van der Waals surface area contributed by atoms with E-state index in [1.807, 2.05) is 5.32 Å². The monoisotopic (exact) mass is 166 g/mol. The smallest absolute Gasteiger partial charge is 1.00 e. The van der Waals surface area contributed by atoms with Gasteiger partial charge in [0.25, 0.3) is 0 Å². The second-order valence-corrected chi connectivity index (χ2v) is 1.98. The zero-order chi connectivity index (χ0) is 7.72. The topological polar surface area (TPSA) is 66.5 Å². The van der Waals surface area contributed by atoms with Crippen LogP contribution >= 0.6 is 0 Å². The van der Waals surface area contributed by atoms with Gasteiger partial charge in [-0.2, -0.15) is 0 Å². The number of carbonyl (C=O) groups is 3. The number of urea groups is 1. The summed E-state index contributed by atoms with van der Waals surface area (Å²) in [6, 6.07) is -0.652. The number of hydrogen-bond acceptors (Lipinski definition) is 3. The fourth-order valence-corrected chi connectivity index (χ4v) is 0.617. The quantitative estimate of drug-likeness (QED) is 0.296. The molecule has 0 aliphatic carbocycles. The minimum Gasteiger partial charge on any atom is -1.00 e. The Hall–Kier alpha value is -0.390. The Balaban J connectivity index is 0. The molecule has 1 heterocycles. The van der Waals surface area contributed by atoms with Gasteiger partial charge in [0.05, 0.1) is 0 Å². The average Bonchev–Trinajstić information content (AvgIpc) is 1.82. The van der Waals surface area contributed by atoms with Gasteiger partial charge in [0.2, 0.25) is 11.8 Å². The van der Waals surface area contributed by atoms with Crippen molar-refractivity contribution in [2.75, 3.05) is 7.05 Å². The summed E-state index contributed by atoms with van der Waals surface area (Å²) in [7, 11) is 1.32. The number of hydrogen-bond donors (Lipinski definition) is 1. The van der Waals surface area contributed by atoms with Gasteiger partial charge in [-0.3, -0.25) is 19.8 Å². The molecule has 1 rings (SSSR count). The normalized spacial score (nSPS) is 17.5. The molecule has 11 heavy (non-hydrogen) atoms. The average molecular weight is 166 g/mol. The molecule has 1 aliphatic rings. The third kappa shape index (κ3) is 2.28. The van der Waals surface area contributed by atoms with Crippen molar-refractivity contribution < 1.29 is 45.4 Å². The first kappa shape index (κ1) is 10.6. The number of nitrogens with one attached hydrogen (secondary N) is 1. The maximum Gasteiger partial charge on any atom is 1.00 e. The van der Waals surface area contributed by atoms with E-state index in [-0.39, 0.29) is 37.4 Å². The molecule has 0 aromatic heterocycles. The van der Waals surface area contributed by atoms with E-state index in [4.69, 9.17) is 0 Å². The van der Waals surface area contributed by atoms with Crippen LogP contribution in [0.4, 0.5) is 4.79 Å². The van der Waals surface area contributed by atoms with Crippen LogP contribution in [0, 0.1) is 0 Å². The summed E-state index contributed by atoms with van der Waals surface area (Å²) in [6.45, 7) is 0. The van der Waals surface area contributed by atoms with Crippen LogP contribution in [0.25, 0.3) is 0 Å². The molecule has 1 N–H and O–H groups in total. The first-order valence-corrected chi connectivity index (χ1v) is 2.71. The molecule has 56 valence electrons. The third-order valence-electron chi connectivity index (χ3n) is 1.24. The van der Waals surface area contributed by atoms with Gasteiger partial charge < -0.3 is 1.43 Å². The van der Waals surface area contributed by atoms with E-state index in [0.29, 0.717) is 0 Å². The molecule has 6 heteroatoms. The number of rotatable bonds is 0. The van der Waals surface area contributed by atoms with Gasteiger partial charge in [-0.25, -0.2) is 4.79 Å². The van der Waals surface area contributed by atoms with Crippen LogP contribution < -0.4 is 34.9 Å². The molecule has 5 nitrogen and oxygen atoms in total. The molecule has 1 aliphatic heterocycles. The molecule has 0 unspecified atom stereocenters. The van der Waals surface area contributed by atoms with Crippen LogP contribution in [0.1, 0.15) is 7.85 Å². The van der Waals surface area contributed by atoms with E-state index in [1.54, 1.807) is 0 Å². The van der Waals surface area contributed by atoms with E-state index >= 15 is 0 Å². The van der Waals surface area contributed by atoms with Crippen molar-refractivity contribution in [2.24, 2.45) is 0 Å². The fraction of sp³-hybridized carbons (Fsp3) is 0.400. The summed E-state index contributed by atoms with van der Waals surface area (Å²) in [5.41, 5.74) is 0. The van der Waals surface area contributed by atoms with Crippen LogP contribution in [-0.2, 0) is 9.59 Å². The molecular weight excluding hydrogens is 159 g/mol. The van der Waals surface area contributed by atoms with Crippen molar-refractivity contribution in [3.8, 4) is 0 Å². The number of barbiturate groups is 1. The van der Waals surface area contributed by atoms with E-state index in [1.165, 1.54) is 7.05 Å². The van der Waals surface area contributed by atoms with Gasteiger partial charge in [0.1, 0.15) is 6.42 Å². The Labute approximate surface area is 86.9 Å². The number of nitrogens with zero attached hydrogens (tertiary/aromatic N) is 1. The van der Waals surface area contributed by atoms with Crippen LogP contribution in [0.3, 0.4) is 0 Å². The Morgan fingerprint density at radius 2 is 2.00 bits per heavy atom. The van der Waals surface area contributed by atoms with E-state index < -0.39 is 17.8 Å². The van der Waals surface area contributed by atoms with Crippen LogP contribution in [-0.4, -0.2) is 29.8 Å². The van der Waals surface area contributed by atoms with Crippen molar-refractivity contribution in [3.63, 3.8) is 0 Å². The van der Waals surface area contributed by atoms with Crippen molar-refractivity contribution >= 4 is 17.8 Å². The Morgan fingerprint density at radius 1 is 1.45 bits per heavy atom. The van der Waals surface area contributed by atoms with Crippen LogP contribution in [0.2, 0.25) is 0 Å². The fourth-order valence-electron chi connectivity index (χ4n) is 0.617. The van der Waals surface area contributed by atoms with Gasteiger partial charge >= 0.3 is 35.6 Å². The predicted molar refractivity (Wildman–Crippen MR) is 32.0 cm³/mol. The maximum absolute atomic E-state index is 10.7. The minimum atomic E-state index is -0.652. The summed E-state index contributed by atoms with van der Waals surface area (Å²) < 4.78 is 0. The second-order valence-electron chi connectivity index (χ2n) is 1.98. The molecular formula is C5H7N2NaO3. The Morgan fingerprint density at radius 3 is 2.45 bits per heavy atom. The van der Waals surface area contributed by atoms with Gasteiger partial charge in [-0.1, -0.05) is 0 Å². The molecule has 0 radical (unpaired) electrons. The molecule has 0 spiro atoms. The number of carbonyl (C=O) groups excluding carboxylic acids is 3. The van der Waals surface area contributed by atoms with Gasteiger partial charge in [0, 0.05) is 7.05 Å². The molecule has 0 aromatic rings. The molecule has 0 bridgehead atoms. The summed E-state index contributed by atoms with van der Waals surface area (Å²) >= 11 is 0. The molecule has 1 fully saturated rings. The first-order chi connectivity index (χ1) is 4.61. The zero-order valence-electron chi connectivity index (χ0n) is 7.38. The van der Waals surface area contributed by atoms with Crippen molar-refractivity contribution in [3.05, 3.63) is 0 Å². The molecule has 0 saturated carbocycles. The van der Waals surface area contributed by atoms with Crippen LogP contribution in [0.15, 0.2) is 0 Å². The van der Waals surface area contributed by atoms with Gasteiger partial charge in [-0.05, 0) is 0 Å². The Bertz CT molecular complexity index is 201. The Kier molecular flexibility index (Phi) is 3.71. The molecule has 1 saturated heterocycles. The molecule has 0 aromatic carbocycles. The minimum absolute atomic E-state index is 0. The number of amides is 4. The zero-order valence-corrected chi connectivity index (χ0v) is 8.38. The maximum atomic E-state index is 10.7. The summed E-state index contributed by atoms with van der Waals surface area (Å²) in [5, 5.41) is 1.99. The largest absolute Gasteiger partial charge is 1.00 e. The summed E-state index contributed by atoms with van der Waals surface area (Å²) in [4.78, 5) is 32.6. The van der Waals surface area contributed by atoms with E-state index in [2.05, 4.69) is 0 Å². The predicted octanol–water partition coefficient (Wildman–Crippen LogP) is -3.80.